The number of halogens is 1. The molecule has 0 bridgehead atoms. The minimum atomic E-state index is 0.201. The molecule has 1 unspecified atom stereocenters. The van der Waals surface area contributed by atoms with E-state index >= 15 is 0 Å². The summed E-state index contributed by atoms with van der Waals surface area (Å²) in [4.78, 5) is 8.89. The molecule has 3 aromatic rings. The number of nitrogens with one attached hydrogen (secondary N) is 1. The fourth-order valence-electron chi connectivity index (χ4n) is 2.19. The van der Waals surface area contributed by atoms with Gasteiger partial charge in [-0.25, -0.2) is 9.97 Å². The van der Waals surface area contributed by atoms with Crippen molar-refractivity contribution in [3.63, 3.8) is 0 Å². The number of nitrogens with zero attached hydrogens (tertiary/aromatic N) is 2. The molecule has 0 amide bonds. The number of thiazole rings is 1. The smallest absolute Gasteiger partial charge is 0.134 e. The van der Waals surface area contributed by atoms with Gasteiger partial charge in [-0.05, 0) is 18.6 Å². The van der Waals surface area contributed by atoms with Crippen molar-refractivity contribution in [2.75, 3.05) is 5.32 Å². The number of anilines is 1. The van der Waals surface area contributed by atoms with Gasteiger partial charge in [-0.1, -0.05) is 35.0 Å². The van der Waals surface area contributed by atoms with Crippen molar-refractivity contribution >= 4 is 43.9 Å². The Hall–Kier alpha value is -1.46. The van der Waals surface area contributed by atoms with Crippen molar-refractivity contribution in [2.24, 2.45) is 0 Å². The van der Waals surface area contributed by atoms with Gasteiger partial charge in [0.1, 0.15) is 10.8 Å². The number of rotatable bonds is 4. The molecule has 0 aliphatic rings. The summed E-state index contributed by atoms with van der Waals surface area (Å²) in [5, 5.41) is 8.91. The molecule has 0 aliphatic carbocycles. The fourth-order valence-corrected chi connectivity index (χ4v) is 3.46. The third kappa shape index (κ3) is 2.55. The van der Waals surface area contributed by atoms with Crippen molar-refractivity contribution in [2.45, 2.75) is 19.4 Å². The molecule has 1 N–H and O–H groups in total. The summed E-state index contributed by atoms with van der Waals surface area (Å²) in [5.41, 5.74) is 0. The molecule has 5 heteroatoms. The number of pyridine rings is 1. The summed E-state index contributed by atoms with van der Waals surface area (Å²) < 4.78 is 1.09. The molecular formula is C15H14BrN3S. The summed E-state index contributed by atoms with van der Waals surface area (Å²) >= 11 is 5.26. The Bertz CT molecular complexity index is 712. The Balaban J connectivity index is 2.00. The van der Waals surface area contributed by atoms with E-state index in [1.165, 1.54) is 5.39 Å². The molecule has 3 rings (SSSR count). The lowest BCUT2D eigenvalue weighted by molar-refractivity contribution is 0.739. The number of hydrogen-bond donors (Lipinski definition) is 1. The molecule has 20 heavy (non-hydrogen) atoms. The van der Waals surface area contributed by atoms with Crippen LogP contribution >= 0.6 is 27.3 Å². The predicted molar refractivity (Wildman–Crippen MR) is 88.2 cm³/mol. The van der Waals surface area contributed by atoms with Gasteiger partial charge in [0.05, 0.1) is 6.04 Å². The Kier molecular flexibility index (Phi) is 3.98. The van der Waals surface area contributed by atoms with Gasteiger partial charge in [0.2, 0.25) is 0 Å². The third-order valence-electron chi connectivity index (χ3n) is 3.22. The van der Waals surface area contributed by atoms with Gasteiger partial charge in [0, 0.05) is 33.0 Å². The Labute approximate surface area is 130 Å². The van der Waals surface area contributed by atoms with Crippen molar-refractivity contribution < 1.29 is 0 Å². The van der Waals surface area contributed by atoms with E-state index in [9.17, 15) is 0 Å². The number of aromatic nitrogens is 2. The second-order valence-electron chi connectivity index (χ2n) is 4.47. The second-order valence-corrected chi connectivity index (χ2v) is 6.25. The van der Waals surface area contributed by atoms with Crippen LogP contribution in [-0.2, 0) is 0 Å². The lowest BCUT2D eigenvalue weighted by Crippen LogP contribution is -2.10. The van der Waals surface area contributed by atoms with Crippen LogP contribution in [-0.4, -0.2) is 9.97 Å². The molecular weight excluding hydrogens is 334 g/mol. The molecule has 3 nitrogen and oxygen atoms in total. The van der Waals surface area contributed by atoms with Gasteiger partial charge in [0.15, 0.2) is 0 Å². The van der Waals surface area contributed by atoms with E-state index in [-0.39, 0.29) is 6.04 Å². The molecule has 0 fully saturated rings. The van der Waals surface area contributed by atoms with Crippen LogP contribution in [0.15, 0.2) is 46.5 Å². The molecule has 2 aromatic heterocycles. The molecule has 0 aliphatic heterocycles. The van der Waals surface area contributed by atoms with Crippen LogP contribution in [0.5, 0.6) is 0 Å². The SMILES string of the molecule is CCC(Nc1nccc2c(Br)cccc12)c1nccs1. The predicted octanol–water partition coefficient (Wildman–Crippen LogP) is 5.02. The minimum absolute atomic E-state index is 0.201. The van der Waals surface area contributed by atoms with E-state index in [2.05, 4.69) is 44.2 Å². The first kappa shape index (κ1) is 13.5. The van der Waals surface area contributed by atoms with Gasteiger partial charge in [0.25, 0.3) is 0 Å². The topological polar surface area (TPSA) is 37.8 Å². The van der Waals surface area contributed by atoms with Crippen LogP contribution in [0.1, 0.15) is 24.4 Å². The van der Waals surface area contributed by atoms with Gasteiger partial charge in [-0.2, -0.15) is 0 Å². The maximum absolute atomic E-state index is 4.49. The van der Waals surface area contributed by atoms with Crippen LogP contribution in [0.2, 0.25) is 0 Å². The Morgan fingerprint density at radius 1 is 1.20 bits per heavy atom. The zero-order chi connectivity index (χ0) is 13.9. The van der Waals surface area contributed by atoms with E-state index in [1.807, 2.05) is 36.0 Å². The number of benzene rings is 1. The van der Waals surface area contributed by atoms with Crippen LogP contribution < -0.4 is 5.32 Å². The molecule has 0 saturated carbocycles. The van der Waals surface area contributed by atoms with Crippen LogP contribution in [0.3, 0.4) is 0 Å². The lowest BCUT2D eigenvalue weighted by Gasteiger charge is -2.16. The monoisotopic (exact) mass is 347 g/mol. The van der Waals surface area contributed by atoms with E-state index in [1.54, 1.807) is 11.3 Å². The number of hydrogen-bond acceptors (Lipinski definition) is 4. The molecule has 0 spiro atoms. The highest BCUT2D eigenvalue weighted by atomic mass is 79.9. The summed E-state index contributed by atoms with van der Waals surface area (Å²) in [6.45, 7) is 2.15. The van der Waals surface area contributed by atoms with Gasteiger partial charge < -0.3 is 5.32 Å². The average molecular weight is 348 g/mol. The first-order valence-electron chi connectivity index (χ1n) is 6.48. The maximum Gasteiger partial charge on any atom is 0.134 e. The van der Waals surface area contributed by atoms with Crippen molar-refractivity contribution in [1.29, 1.82) is 0 Å². The second kappa shape index (κ2) is 5.89. The molecule has 1 aromatic carbocycles. The highest BCUT2D eigenvalue weighted by Gasteiger charge is 2.14. The van der Waals surface area contributed by atoms with Crippen molar-refractivity contribution in [1.82, 2.24) is 9.97 Å². The third-order valence-corrected chi connectivity index (χ3v) is 4.80. The van der Waals surface area contributed by atoms with E-state index in [4.69, 9.17) is 0 Å². The number of fused-ring (bicyclic) bond motifs is 1. The van der Waals surface area contributed by atoms with E-state index in [0.717, 1.165) is 27.1 Å². The molecule has 2 heterocycles. The molecule has 0 radical (unpaired) electrons. The molecule has 1 atom stereocenters. The normalized spacial score (nSPS) is 12.5. The first-order chi connectivity index (χ1) is 9.79. The summed E-state index contributed by atoms with van der Waals surface area (Å²) in [7, 11) is 0. The summed E-state index contributed by atoms with van der Waals surface area (Å²) in [6, 6.07) is 8.39. The average Bonchev–Trinajstić information content (AvgIpc) is 2.99. The van der Waals surface area contributed by atoms with Crippen LogP contribution in [0, 0.1) is 0 Å². The fraction of sp³-hybridized carbons (Fsp3) is 0.200. The van der Waals surface area contributed by atoms with Gasteiger partial charge in [-0.15, -0.1) is 11.3 Å². The lowest BCUT2D eigenvalue weighted by atomic mass is 10.1. The van der Waals surface area contributed by atoms with Gasteiger partial charge in [-0.3, -0.25) is 0 Å². The summed E-state index contributed by atoms with van der Waals surface area (Å²) in [5.74, 6) is 0.908. The zero-order valence-electron chi connectivity index (χ0n) is 11.0. The Morgan fingerprint density at radius 2 is 2.10 bits per heavy atom. The highest BCUT2D eigenvalue weighted by molar-refractivity contribution is 9.10. The van der Waals surface area contributed by atoms with E-state index in [0.29, 0.717) is 0 Å². The van der Waals surface area contributed by atoms with Gasteiger partial charge >= 0.3 is 0 Å². The zero-order valence-corrected chi connectivity index (χ0v) is 13.4. The standard InChI is InChI=1S/C15H14BrN3S/c1-2-13(15-18-8-9-20-15)19-14-11-4-3-5-12(16)10(11)6-7-17-14/h3-9,13H,2H2,1H3,(H,17,19). The maximum atomic E-state index is 4.49. The Morgan fingerprint density at radius 3 is 2.85 bits per heavy atom. The van der Waals surface area contributed by atoms with Crippen LogP contribution in [0.25, 0.3) is 10.8 Å². The first-order valence-corrected chi connectivity index (χ1v) is 8.16. The van der Waals surface area contributed by atoms with Crippen molar-refractivity contribution in [3.8, 4) is 0 Å². The van der Waals surface area contributed by atoms with Crippen molar-refractivity contribution in [3.05, 3.63) is 51.5 Å². The summed E-state index contributed by atoms with van der Waals surface area (Å²) in [6.07, 6.45) is 4.65. The van der Waals surface area contributed by atoms with E-state index < -0.39 is 0 Å². The van der Waals surface area contributed by atoms with Crippen LogP contribution in [0.4, 0.5) is 5.82 Å². The molecule has 0 saturated heterocycles. The largest absolute Gasteiger partial charge is 0.360 e. The minimum Gasteiger partial charge on any atom is -0.360 e. The molecule has 102 valence electrons. The quantitative estimate of drug-likeness (QED) is 0.720. The highest BCUT2D eigenvalue weighted by Crippen LogP contribution is 2.30.